The zero-order valence-corrected chi connectivity index (χ0v) is 15.0. The maximum Gasteiger partial charge on any atom is 0.257 e. The Kier molecular flexibility index (Phi) is 6.56. The monoisotopic (exact) mass is 442 g/mol. The van der Waals surface area contributed by atoms with E-state index in [-0.39, 0.29) is 12.4 Å². The summed E-state index contributed by atoms with van der Waals surface area (Å²) in [6, 6.07) is 9.79. The summed E-state index contributed by atoms with van der Waals surface area (Å²) in [4.78, 5) is 11.2. The number of carbonyl (C=O) groups is 1. The van der Waals surface area contributed by atoms with E-state index in [1.165, 1.54) is 25.3 Å². The van der Waals surface area contributed by atoms with E-state index in [9.17, 15) is 9.18 Å². The number of nitrogens with one attached hydrogen (secondary N) is 1. The summed E-state index contributed by atoms with van der Waals surface area (Å²) in [7, 11) is 1.53. The fraction of sp³-hybridized carbons (Fsp3) is 0.118. The Labute approximate surface area is 152 Å². The highest BCUT2D eigenvalue weighted by atomic mass is 127. The second-order valence-electron chi connectivity index (χ2n) is 4.79. The molecule has 0 aliphatic carbocycles. The number of nitrogens with two attached hydrogens (primary N) is 1. The molecule has 0 aliphatic rings. The summed E-state index contributed by atoms with van der Waals surface area (Å²) >= 11 is 2.11. The molecule has 126 valence electrons. The van der Waals surface area contributed by atoms with Gasteiger partial charge in [-0.25, -0.2) is 10.2 Å². The minimum atomic E-state index is -0.407. The molecule has 0 aliphatic heterocycles. The van der Waals surface area contributed by atoms with E-state index >= 15 is 0 Å². The number of benzene rings is 2. The molecule has 0 unspecified atom stereocenters. The van der Waals surface area contributed by atoms with Crippen molar-refractivity contribution in [2.24, 2.45) is 5.84 Å². The van der Waals surface area contributed by atoms with Crippen LogP contribution < -0.4 is 20.7 Å². The number of amides is 1. The van der Waals surface area contributed by atoms with Gasteiger partial charge in [0.25, 0.3) is 5.91 Å². The maximum atomic E-state index is 13.2. The van der Waals surface area contributed by atoms with E-state index in [4.69, 9.17) is 15.3 Å². The van der Waals surface area contributed by atoms with Gasteiger partial charge < -0.3 is 9.47 Å². The van der Waals surface area contributed by atoms with E-state index < -0.39 is 5.91 Å². The van der Waals surface area contributed by atoms with Crippen molar-refractivity contribution < 1.29 is 18.7 Å². The van der Waals surface area contributed by atoms with Gasteiger partial charge in [-0.1, -0.05) is 12.1 Å². The van der Waals surface area contributed by atoms with E-state index in [1.54, 1.807) is 24.3 Å². The predicted molar refractivity (Wildman–Crippen MR) is 97.8 cm³/mol. The summed E-state index contributed by atoms with van der Waals surface area (Å²) in [5, 5.41) is 0. The van der Waals surface area contributed by atoms with Crippen LogP contribution in [0.25, 0.3) is 6.08 Å². The molecule has 2 aromatic carbocycles. The van der Waals surface area contributed by atoms with E-state index in [2.05, 4.69) is 22.6 Å². The summed E-state index contributed by atoms with van der Waals surface area (Å²) in [5.74, 6) is 5.39. The molecule has 0 bridgehead atoms. The zero-order valence-electron chi connectivity index (χ0n) is 12.9. The molecule has 1 amide bonds. The highest BCUT2D eigenvalue weighted by molar-refractivity contribution is 14.1. The first kappa shape index (κ1) is 18.2. The van der Waals surface area contributed by atoms with Crippen LogP contribution in [0.5, 0.6) is 11.5 Å². The van der Waals surface area contributed by atoms with Crippen molar-refractivity contribution in [1.29, 1.82) is 0 Å². The van der Waals surface area contributed by atoms with Crippen molar-refractivity contribution in [1.82, 2.24) is 5.43 Å². The molecular formula is C17H16FIN2O3. The summed E-state index contributed by atoms with van der Waals surface area (Å²) < 4.78 is 25.1. The van der Waals surface area contributed by atoms with Crippen molar-refractivity contribution in [3.05, 3.63) is 63.0 Å². The Morgan fingerprint density at radius 2 is 2.17 bits per heavy atom. The standard InChI is InChI=1S/C17H16FIN2O3/c1-23-15-9-11(5-6-16(22)21-20)8-14(19)17(15)24-10-12-3-2-4-13(18)7-12/h2-9H,10,20H2,1H3,(H,21,22)/b6-5+. The summed E-state index contributed by atoms with van der Waals surface area (Å²) in [6.07, 6.45) is 2.93. The van der Waals surface area contributed by atoms with Crippen LogP contribution in [-0.2, 0) is 11.4 Å². The molecule has 2 rings (SSSR count). The summed E-state index contributed by atoms with van der Waals surface area (Å²) in [6.45, 7) is 0.217. The van der Waals surface area contributed by atoms with Gasteiger partial charge in [-0.2, -0.15) is 0 Å². The van der Waals surface area contributed by atoms with Crippen molar-refractivity contribution in [3.8, 4) is 11.5 Å². The average Bonchev–Trinajstić information content (AvgIpc) is 2.58. The van der Waals surface area contributed by atoms with Crippen molar-refractivity contribution in [2.75, 3.05) is 7.11 Å². The van der Waals surface area contributed by atoms with E-state index in [1.807, 2.05) is 11.5 Å². The summed E-state index contributed by atoms with van der Waals surface area (Å²) in [5.41, 5.74) is 3.50. The lowest BCUT2D eigenvalue weighted by molar-refractivity contribution is -0.116. The van der Waals surface area contributed by atoms with Crippen LogP contribution >= 0.6 is 22.6 Å². The van der Waals surface area contributed by atoms with Gasteiger partial charge in [0.05, 0.1) is 10.7 Å². The smallest absolute Gasteiger partial charge is 0.257 e. The number of rotatable bonds is 6. The number of halogens is 2. The number of carbonyl (C=O) groups excluding carboxylic acids is 1. The van der Waals surface area contributed by atoms with Crippen LogP contribution in [0.2, 0.25) is 0 Å². The highest BCUT2D eigenvalue weighted by Crippen LogP contribution is 2.35. The van der Waals surface area contributed by atoms with Crippen LogP contribution in [-0.4, -0.2) is 13.0 Å². The van der Waals surface area contributed by atoms with Gasteiger partial charge in [0.15, 0.2) is 11.5 Å². The molecule has 0 radical (unpaired) electrons. The first-order chi connectivity index (χ1) is 11.5. The van der Waals surface area contributed by atoms with Gasteiger partial charge in [-0.15, -0.1) is 0 Å². The number of hydrogen-bond acceptors (Lipinski definition) is 4. The molecule has 0 spiro atoms. The second-order valence-corrected chi connectivity index (χ2v) is 5.96. The quantitative estimate of drug-likeness (QED) is 0.237. The normalized spacial score (nSPS) is 10.7. The van der Waals surface area contributed by atoms with Crippen LogP contribution in [0.4, 0.5) is 4.39 Å². The number of methoxy groups -OCH3 is 1. The third kappa shape index (κ3) is 4.93. The molecule has 0 heterocycles. The zero-order chi connectivity index (χ0) is 17.5. The fourth-order valence-corrected chi connectivity index (χ4v) is 2.76. The van der Waals surface area contributed by atoms with Crippen LogP contribution in [0.15, 0.2) is 42.5 Å². The highest BCUT2D eigenvalue weighted by Gasteiger charge is 2.11. The predicted octanol–water partition coefficient (Wildman–Crippen LogP) is 3.02. The Balaban J connectivity index is 2.20. The van der Waals surface area contributed by atoms with E-state index in [0.717, 1.165) is 14.7 Å². The van der Waals surface area contributed by atoms with Crippen molar-refractivity contribution in [3.63, 3.8) is 0 Å². The molecule has 0 saturated heterocycles. The SMILES string of the molecule is COc1cc(/C=C/C(=O)NN)cc(I)c1OCc1cccc(F)c1. The van der Waals surface area contributed by atoms with Crippen molar-refractivity contribution in [2.45, 2.75) is 6.61 Å². The Bertz CT molecular complexity index is 765. The number of ether oxygens (including phenoxy) is 2. The van der Waals surface area contributed by atoms with E-state index in [0.29, 0.717) is 11.5 Å². The Morgan fingerprint density at radius 1 is 1.38 bits per heavy atom. The molecule has 2 aromatic rings. The minimum Gasteiger partial charge on any atom is -0.493 e. The Morgan fingerprint density at radius 3 is 2.83 bits per heavy atom. The lowest BCUT2D eigenvalue weighted by Crippen LogP contribution is -2.27. The minimum absolute atomic E-state index is 0.217. The number of hydrogen-bond donors (Lipinski definition) is 2. The van der Waals surface area contributed by atoms with Gasteiger partial charge in [0.1, 0.15) is 12.4 Å². The molecule has 0 aromatic heterocycles. The molecular weight excluding hydrogens is 426 g/mol. The maximum absolute atomic E-state index is 13.2. The molecule has 0 fully saturated rings. The van der Waals surface area contributed by atoms with Crippen LogP contribution in [0, 0.1) is 9.39 Å². The fourth-order valence-electron chi connectivity index (χ4n) is 1.98. The third-order valence-corrected chi connectivity index (χ3v) is 3.89. The van der Waals surface area contributed by atoms with Gasteiger partial charge in [0.2, 0.25) is 0 Å². The van der Waals surface area contributed by atoms with Gasteiger partial charge in [-0.3, -0.25) is 10.2 Å². The van der Waals surface area contributed by atoms with Crippen molar-refractivity contribution >= 4 is 34.6 Å². The van der Waals surface area contributed by atoms with Gasteiger partial charge >= 0.3 is 0 Å². The average molecular weight is 442 g/mol. The molecule has 0 atom stereocenters. The first-order valence-corrected chi connectivity index (χ1v) is 8.04. The molecule has 3 N–H and O–H groups in total. The molecule has 7 heteroatoms. The molecule has 0 saturated carbocycles. The second kappa shape index (κ2) is 8.65. The number of hydrazine groups is 1. The topological polar surface area (TPSA) is 73.6 Å². The largest absolute Gasteiger partial charge is 0.493 e. The first-order valence-electron chi connectivity index (χ1n) is 6.97. The lowest BCUT2D eigenvalue weighted by Gasteiger charge is -2.13. The van der Waals surface area contributed by atoms with Gasteiger partial charge in [-0.05, 0) is 64.1 Å². The van der Waals surface area contributed by atoms with Gasteiger partial charge in [0, 0.05) is 6.08 Å². The Hall–Kier alpha value is -2.13. The molecule has 5 nitrogen and oxygen atoms in total. The lowest BCUT2D eigenvalue weighted by atomic mass is 10.2. The third-order valence-electron chi connectivity index (χ3n) is 3.09. The van der Waals surface area contributed by atoms with Crippen LogP contribution in [0.1, 0.15) is 11.1 Å². The van der Waals surface area contributed by atoms with Crippen LogP contribution in [0.3, 0.4) is 0 Å². The molecule has 24 heavy (non-hydrogen) atoms.